The molecule has 5 nitrogen and oxygen atoms in total. The number of benzene rings is 1. The molecule has 4 rings (SSSR count). The molecule has 0 N–H and O–H groups in total. The summed E-state index contributed by atoms with van der Waals surface area (Å²) in [6, 6.07) is 3.62. The van der Waals surface area contributed by atoms with Gasteiger partial charge < -0.3 is 4.90 Å². The van der Waals surface area contributed by atoms with E-state index in [0.29, 0.717) is 37.7 Å². The SMILES string of the molecule is C[C@H]1CCCN(S(=O)(=O)c2cc(Br)cc3c2N(C(=O)C2CC2)CC3)C1. The Morgan fingerprint density at radius 2 is 1.96 bits per heavy atom. The van der Waals surface area contributed by atoms with Crippen molar-refractivity contribution in [1.29, 1.82) is 0 Å². The van der Waals surface area contributed by atoms with Crippen LogP contribution in [0.1, 0.15) is 38.2 Å². The molecule has 1 amide bonds. The monoisotopic (exact) mass is 426 g/mol. The predicted molar refractivity (Wildman–Crippen MR) is 100 cm³/mol. The number of hydrogen-bond acceptors (Lipinski definition) is 3. The van der Waals surface area contributed by atoms with E-state index in [1.165, 1.54) is 0 Å². The molecular formula is C18H23BrN2O3S. The van der Waals surface area contributed by atoms with Crippen molar-refractivity contribution in [3.63, 3.8) is 0 Å². The van der Waals surface area contributed by atoms with E-state index in [4.69, 9.17) is 0 Å². The summed E-state index contributed by atoms with van der Waals surface area (Å²) in [4.78, 5) is 14.7. The van der Waals surface area contributed by atoms with Gasteiger partial charge >= 0.3 is 0 Å². The van der Waals surface area contributed by atoms with Gasteiger partial charge in [0.05, 0.1) is 5.69 Å². The molecule has 0 spiro atoms. The second kappa shape index (κ2) is 6.35. The van der Waals surface area contributed by atoms with Crippen LogP contribution in [0.2, 0.25) is 0 Å². The van der Waals surface area contributed by atoms with Gasteiger partial charge in [-0.1, -0.05) is 22.9 Å². The molecule has 3 aliphatic rings. The molecule has 1 atom stereocenters. The number of nitrogens with zero attached hydrogens (tertiary/aromatic N) is 2. The molecule has 1 aliphatic carbocycles. The number of carbonyl (C=O) groups is 1. The minimum atomic E-state index is -3.60. The van der Waals surface area contributed by atoms with Gasteiger partial charge in [0, 0.05) is 30.0 Å². The lowest BCUT2D eigenvalue weighted by molar-refractivity contribution is -0.119. The number of sulfonamides is 1. The van der Waals surface area contributed by atoms with Crippen LogP contribution in [-0.2, 0) is 21.2 Å². The highest BCUT2D eigenvalue weighted by Crippen LogP contribution is 2.42. The summed E-state index contributed by atoms with van der Waals surface area (Å²) in [5.41, 5.74) is 1.57. The average Bonchev–Trinajstić information content (AvgIpc) is 3.33. The van der Waals surface area contributed by atoms with E-state index in [1.54, 1.807) is 15.3 Å². The first-order chi connectivity index (χ1) is 11.9. The standard InChI is InChI=1S/C18H23BrN2O3S/c1-12-3-2-7-20(11-12)25(23,24)16-10-15(19)9-14-6-8-21(17(14)16)18(22)13-4-5-13/h9-10,12-13H,2-8,11H2,1H3/t12-/m0/s1. The van der Waals surface area contributed by atoms with Crippen molar-refractivity contribution >= 4 is 37.5 Å². The van der Waals surface area contributed by atoms with E-state index in [2.05, 4.69) is 22.9 Å². The quantitative estimate of drug-likeness (QED) is 0.745. The Morgan fingerprint density at radius 1 is 1.20 bits per heavy atom. The third-order valence-corrected chi connectivity index (χ3v) is 7.76. The van der Waals surface area contributed by atoms with Crippen molar-refractivity contribution < 1.29 is 13.2 Å². The first-order valence-corrected chi connectivity index (χ1v) is 11.2. The van der Waals surface area contributed by atoms with Crippen LogP contribution in [0.3, 0.4) is 0 Å². The molecule has 1 aromatic carbocycles. The lowest BCUT2D eigenvalue weighted by atomic mass is 10.0. The second-order valence-electron chi connectivity index (χ2n) is 7.54. The Bertz CT molecular complexity index is 820. The summed E-state index contributed by atoms with van der Waals surface area (Å²) in [7, 11) is -3.60. The zero-order valence-electron chi connectivity index (χ0n) is 14.4. The number of carbonyl (C=O) groups excluding carboxylic acids is 1. The normalized spacial score (nSPS) is 24.4. The van der Waals surface area contributed by atoms with Crippen LogP contribution >= 0.6 is 15.9 Å². The van der Waals surface area contributed by atoms with Crippen molar-refractivity contribution in [2.45, 2.75) is 43.9 Å². The van der Waals surface area contributed by atoms with Gasteiger partial charge in [-0.2, -0.15) is 4.31 Å². The Kier molecular flexibility index (Phi) is 4.45. The Labute approximate surface area is 157 Å². The smallest absolute Gasteiger partial charge is 0.245 e. The van der Waals surface area contributed by atoms with E-state index in [9.17, 15) is 13.2 Å². The van der Waals surface area contributed by atoms with Crippen molar-refractivity contribution in [2.24, 2.45) is 11.8 Å². The van der Waals surface area contributed by atoms with Crippen LogP contribution in [0, 0.1) is 11.8 Å². The number of fused-ring (bicyclic) bond motifs is 1. The molecule has 7 heteroatoms. The van der Waals surface area contributed by atoms with Gasteiger partial charge in [0.25, 0.3) is 0 Å². The van der Waals surface area contributed by atoms with Crippen molar-refractivity contribution in [3.8, 4) is 0 Å². The number of halogens is 1. The summed E-state index contributed by atoms with van der Waals surface area (Å²) in [6.45, 7) is 3.79. The van der Waals surface area contributed by atoms with Crippen LogP contribution < -0.4 is 4.90 Å². The van der Waals surface area contributed by atoms with Crippen LogP contribution in [0.4, 0.5) is 5.69 Å². The highest BCUT2D eigenvalue weighted by molar-refractivity contribution is 9.10. The summed E-state index contributed by atoms with van der Waals surface area (Å²) >= 11 is 3.46. The highest BCUT2D eigenvalue weighted by atomic mass is 79.9. The molecule has 1 saturated heterocycles. The highest BCUT2D eigenvalue weighted by Gasteiger charge is 2.40. The van der Waals surface area contributed by atoms with E-state index in [1.807, 2.05) is 6.07 Å². The van der Waals surface area contributed by atoms with Gasteiger partial charge in [-0.05, 0) is 55.7 Å². The maximum Gasteiger partial charge on any atom is 0.245 e. The van der Waals surface area contributed by atoms with Gasteiger partial charge in [-0.25, -0.2) is 8.42 Å². The molecular weight excluding hydrogens is 404 g/mol. The summed E-state index contributed by atoms with van der Waals surface area (Å²) in [6.07, 6.45) is 4.52. The summed E-state index contributed by atoms with van der Waals surface area (Å²) in [5, 5.41) is 0. The zero-order valence-corrected chi connectivity index (χ0v) is 16.8. The average molecular weight is 427 g/mol. The topological polar surface area (TPSA) is 57.7 Å². The van der Waals surface area contributed by atoms with Crippen LogP contribution in [-0.4, -0.2) is 38.3 Å². The van der Waals surface area contributed by atoms with Gasteiger partial charge in [0.1, 0.15) is 4.90 Å². The third kappa shape index (κ3) is 3.15. The molecule has 0 radical (unpaired) electrons. The molecule has 25 heavy (non-hydrogen) atoms. The Balaban J connectivity index is 1.78. The minimum absolute atomic E-state index is 0.0835. The fourth-order valence-electron chi connectivity index (χ4n) is 3.94. The van der Waals surface area contributed by atoms with Gasteiger partial charge in [0.15, 0.2) is 0 Å². The molecule has 0 aromatic heterocycles. The first-order valence-electron chi connectivity index (χ1n) is 9.02. The van der Waals surface area contributed by atoms with Gasteiger partial charge in [0.2, 0.25) is 15.9 Å². The number of piperidine rings is 1. The maximum atomic E-state index is 13.4. The van der Waals surface area contributed by atoms with Crippen molar-refractivity contribution in [2.75, 3.05) is 24.5 Å². The fraction of sp³-hybridized carbons (Fsp3) is 0.611. The summed E-state index contributed by atoms with van der Waals surface area (Å²) < 4.78 is 29.1. The molecule has 1 aromatic rings. The maximum absolute atomic E-state index is 13.4. The van der Waals surface area contributed by atoms with Crippen molar-refractivity contribution in [1.82, 2.24) is 4.31 Å². The molecule has 2 heterocycles. The molecule has 136 valence electrons. The molecule has 2 fully saturated rings. The second-order valence-corrected chi connectivity index (χ2v) is 10.4. The number of anilines is 1. The van der Waals surface area contributed by atoms with E-state index in [-0.39, 0.29) is 16.7 Å². The molecule has 0 bridgehead atoms. The first kappa shape index (κ1) is 17.5. The number of rotatable bonds is 3. The van der Waals surface area contributed by atoms with Crippen LogP contribution in [0.15, 0.2) is 21.5 Å². The Morgan fingerprint density at radius 3 is 2.64 bits per heavy atom. The van der Waals surface area contributed by atoms with E-state index in [0.717, 1.165) is 35.7 Å². The van der Waals surface area contributed by atoms with Crippen LogP contribution in [0.25, 0.3) is 0 Å². The predicted octanol–water partition coefficient (Wildman–Crippen LogP) is 3.17. The largest absolute Gasteiger partial charge is 0.310 e. The third-order valence-electron chi connectivity index (χ3n) is 5.42. The van der Waals surface area contributed by atoms with E-state index < -0.39 is 10.0 Å². The van der Waals surface area contributed by atoms with Crippen LogP contribution in [0.5, 0.6) is 0 Å². The molecule has 2 aliphatic heterocycles. The minimum Gasteiger partial charge on any atom is -0.310 e. The number of amides is 1. The molecule has 1 saturated carbocycles. The summed E-state index contributed by atoms with van der Waals surface area (Å²) in [5.74, 6) is 0.539. The van der Waals surface area contributed by atoms with Gasteiger partial charge in [-0.3, -0.25) is 4.79 Å². The zero-order chi connectivity index (χ0) is 17.8. The molecule has 0 unspecified atom stereocenters. The fourth-order valence-corrected chi connectivity index (χ4v) is 6.46. The number of hydrogen-bond donors (Lipinski definition) is 0. The van der Waals surface area contributed by atoms with Crippen molar-refractivity contribution in [3.05, 3.63) is 22.2 Å². The van der Waals surface area contributed by atoms with E-state index >= 15 is 0 Å². The lowest BCUT2D eigenvalue weighted by Gasteiger charge is -2.31. The van der Waals surface area contributed by atoms with Gasteiger partial charge in [-0.15, -0.1) is 0 Å². The Hall–Kier alpha value is -0.920. The lowest BCUT2D eigenvalue weighted by Crippen LogP contribution is -2.40.